The monoisotopic (exact) mass is 376 g/mol. The van der Waals surface area contributed by atoms with Crippen LogP contribution in [0.5, 0.6) is 0 Å². The number of sulfonamides is 1. The SMILES string of the molecule is CCOC(=O)NS(=O)(=O)CNc1n[nH]c(Cl)c1-c1ccc(F)cc1. The number of H-pyrrole nitrogens is 1. The molecular formula is C13H14ClFN4O4S. The molecule has 2 rings (SSSR count). The molecule has 1 amide bonds. The normalized spacial score (nSPS) is 11.1. The molecule has 0 aliphatic rings. The van der Waals surface area contributed by atoms with Gasteiger partial charge in [-0.05, 0) is 24.6 Å². The van der Waals surface area contributed by atoms with E-state index in [0.717, 1.165) is 0 Å². The van der Waals surface area contributed by atoms with Gasteiger partial charge in [-0.3, -0.25) is 5.10 Å². The number of aromatic nitrogens is 2. The molecule has 0 fully saturated rings. The van der Waals surface area contributed by atoms with Crippen LogP contribution >= 0.6 is 11.6 Å². The molecule has 24 heavy (non-hydrogen) atoms. The highest BCUT2D eigenvalue weighted by molar-refractivity contribution is 7.90. The Morgan fingerprint density at radius 1 is 1.38 bits per heavy atom. The van der Waals surface area contributed by atoms with Crippen LogP contribution in [0.2, 0.25) is 5.15 Å². The number of rotatable bonds is 6. The fraction of sp³-hybridized carbons (Fsp3) is 0.231. The van der Waals surface area contributed by atoms with Crippen molar-refractivity contribution in [3.05, 3.63) is 35.2 Å². The Balaban J connectivity index is 2.14. The maximum Gasteiger partial charge on any atom is 0.420 e. The molecule has 0 atom stereocenters. The number of nitrogens with one attached hydrogen (secondary N) is 3. The molecule has 130 valence electrons. The van der Waals surface area contributed by atoms with E-state index < -0.39 is 27.8 Å². The number of benzene rings is 1. The van der Waals surface area contributed by atoms with Crippen molar-refractivity contribution in [3.63, 3.8) is 0 Å². The van der Waals surface area contributed by atoms with Gasteiger partial charge in [0.2, 0.25) is 0 Å². The molecule has 1 aromatic heterocycles. The van der Waals surface area contributed by atoms with Crippen LogP contribution in [0.4, 0.5) is 15.0 Å². The maximum atomic E-state index is 13.0. The molecule has 0 bridgehead atoms. The fourth-order valence-corrected chi connectivity index (χ4v) is 2.77. The Morgan fingerprint density at radius 2 is 2.04 bits per heavy atom. The average Bonchev–Trinajstić information content (AvgIpc) is 2.87. The zero-order valence-corrected chi connectivity index (χ0v) is 14.0. The summed E-state index contributed by atoms with van der Waals surface area (Å²) in [5.41, 5.74) is 0.913. The second kappa shape index (κ2) is 7.49. The van der Waals surface area contributed by atoms with E-state index in [9.17, 15) is 17.6 Å². The summed E-state index contributed by atoms with van der Waals surface area (Å²) >= 11 is 6.00. The second-order valence-corrected chi connectivity index (χ2v) is 6.63. The molecule has 0 aliphatic carbocycles. The van der Waals surface area contributed by atoms with Crippen LogP contribution in [0.15, 0.2) is 24.3 Å². The standard InChI is InChI=1S/C13H14ClFN4O4S/c1-2-23-13(20)19-24(21,22)7-16-12-10(11(14)17-18-12)8-3-5-9(15)6-4-8/h3-6H,2,7H2,1H3,(H,19,20)(H2,16,17,18). The number of hydrogen-bond acceptors (Lipinski definition) is 6. The van der Waals surface area contributed by atoms with Crippen LogP contribution in [0.1, 0.15) is 6.92 Å². The van der Waals surface area contributed by atoms with E-state index in [2.05, 4.69) is 20.3 Å². The minimum Gasteiger partial charge on any atom is -0.449 e. The molecule has 1 aromatic carbocycles. The molecule has 3 N–H and O–H groups in total. The summed E-state index contributed by atoms with van der Waals surface area (Å²) in [6.45, 7) is 1.59. The number of ether oxygens (including phenoxy) is 1. The van der Waals surface area contributed by atoms with E-state index in [1.807, 2.05) is 0 Å². The van der Waals surface area contributed by atoms with Gasteiger partial charge in [-0.25, -0.2) is 22.3 Å². The second-order valence-electron chi connectivity index (χ2n) is 4.53. The van der Waals surface area contributed by atoms with E-state index in [-0.39, 0.29) is 17.6 Å². The number of aromatic amines is 1. The molecular weight excluding hydrogens is 363 g/mol. The summed E-state index contributed by atoms with van der Waals surface area (Å²) < 4.78 is 42.8. The third-order valence-corrected chi connectivity index (χ3v) is 4.07. The number of carbonyl (C=O) groups excluding carboxylic acids is 1. The minimum atomic E-state index is -3.99. The first-order chi connectivity index (χ1) is 11.3. The van der Waals surface area contributed by atoms with Gasteiger partial charge in [-0.1, -0.05) is 23.7 Å². The summed E-state index contributed by atoms with van der Waals surface area (Å²) in [7, 11) is -3.99. The third kappa shape index (κ3) is 4.59. The predicted octanol–water partition coefficient (Wildman–Crippen LogP) is 2.31. The molecule has 0 aliphatic heterocycles. The van der Waals surface area contributed by atoms with Crippen LogP contribution in [0.25, 0.3) is 11.1 Å². The van der Waals surface area contributed by atoms with Crippen LogP contribution in [0, 0.1) is 5.82 Å². The summed E-state index contributed by atoms with van der Waals surface area (Å²) in [5.74, 6) is -0.920. The zero-order valence-electron chi connectivity index (χ0n) is 12.5. The van der Waals surface area contributed by atoms with Gasteiger partial charge in [0.1, 0.15) is 16.8 Å². The summed E-state index contributed by atoms with van der Waals surface area (Å²) in [5, 5.41) is 9.07. The molecule has 0 spiro atoms. The van der Waals surface area contributed by atoms with E-state index in [4.69, 9.17) is 11.6 Å². The Kier molecular flexibility index (Phi) is 5.62. The maximum absolute atomic E-state index is 13.0. The first-order valence-corrected chi connectivity index (χ1v) is 8.76. The number of halogens is 2. The van der Waals surface area contributed by atoms with Crippen LogP contribution in [0.3, 0.4) is 0 Å². The average molecular weight is 377 g/mol. The van der Waals surface area contributed by atoms with E-state index in [0.29, 0.717) is 11.1 Å². The number of hydrogen-bond donors (Lipinski definition) is 3. The van der Waals surface area contributed by atoms with Gasteiger partial charge in [-0.2, -0.15) is 5.10 Å². The van der Waals surface area contributed by atoms with Crippen molar-refractivity contribution in [2.75, 3.05) is 17.8 Å². The van der Waals surface area contributed by atoms with Gasteiger partial charge in [0.15, 0.2) is 5.82 Å². The molecule has 1 heterocycles. The minimum absolute atomic E-state index is 0.0401. The van der Waals surface area contributed by atoms with Crippen molar-refractivity contribution in [3.8, 4) is 11.1 Å². The quantitative estimate of drug-likeness (QED) is 0.713. The Morgan fingerprint density at radius 3 is 2.67 bits per heavy atom. The van der Waals surface area contributed by atoms with Gasteiger partial charge in [0.05, 0.1) is 12.2 Å². The molecule has 8 nitrogen and oxygen atoms in total. The zero-order chi connectivity index (χ0) is 17.7. The van der Waals surface area contributed by atoms with Gasteiger partial charge in [0.25, 0.3) is 10.0 Å². The molecule has 0 unspecified atom stereocenters. The largest absolute Gasteiger partial charge is 0.449 e. The predicted molar refractivity (Wildman–Crippen MR) is 86.6 cm³/mol. The third-order valence-electron chi connectivity index (χ3n) is 2.80. The van der Waals surface area contributed by atoms with Crippen LogP contribution < -0.4 is 10.0 Å². The molecule has 0 radical (unpaired) electrons. The van der Waals surface area contributed by atoms with Crippen LogP contribution in [-0.4, -0.2) is 37.2 Å². The Labute approximate surface area is 142 Å². The van der Waals surface area contributed by atoms with Crippen molar-refractivity contribution in [2.24, 2.45) is 0 Å². The van der Waals surface area contributed by atoms with E-state index in [1.165, 1.54) is 24.3 Å². The van der Waals surface area contributed by atoms with Crippen molar-refractivity contribution in [2.45, 2.75) is 6.92 Å². The Bertz CT molecular complexity index is 823. The molecule has 0 saturated heterocycles. The number of nitrogens with zero attached hydrogens (tertiary/aromatic N) is 1. The molecule has 0 saturated carbocycles. The van der Waals surface area contributed by atoms with Crippen molar-refractivity contribution in [1.29, 1.82) is 0 Å². The molecule has 2 aromatic rings. The summed E-state index contributed by atoms with van der Waals surface area (Å²) in [6.07, 6.45) is -1.07. The van der Waals surface area contributed by atoms with E-state index in [1.54, 1.807) is 11.6 Å². The van der Waals surface area contributed by atoms with Crippen molar-refractivity contribution < 1.29 is 22.3 Å². The lowest BCUT2D eigenvalue weighted by Gasteiger charge is -2.09. The highest BCUT2D eigenvalue weighted by Crippen LogP contribution is 2.32. The van der Waals surface area contributed by atoms with Crippen molar-refractivity contribution in [1.82, 2.24) is 14.9 Å². The highest BCUT2D eigenvalue weighted by atomic mass is 35.5. The van der Waals surface area contributed by atoms with Gasteiger partial charge in [0, 0.05) is 0 Å². The highest BCUT2D eigenvalue weighted by Gasteiger charge is 2.19. The lowest BCUT2D eigenvalue weighted by Crippen LogP contribution is -2.35. The molecule has 11 heteroatoms. The number of anilines is 1. The smallest absolute Gasteiger partial charge is 0.420 e. The fourth-order valence-electron chi connectivity index (χ4n) is 1.82. The van der Waals surface area contributed by atoms with Crippen molar-refractivity contribution >= 4 is 33.5 Å². The van der Waals surface area contributed by atoms with Gasteiger partial charge in [-0.15, -0.1) is 0 Å². The summed E-state index contributed by atoms with van der Waals surface area (Å²) in [4.78, 5) is 11.2. The van der Waals surface area contributed by atoms with Crippen LogP contribution in [-0.2, 0) is 14.8 Å². The number of carbonyl (C=O) groups is 1. The topological polar surface area (TPSA) is 113 Å². The Hall–Kier alpha value is -2.33. The van der Waals surface area contributed by atoms with Gasteiger partial charge < -0.3 is 10.1 Å². The first kappa shape index (κ1) is 18.0. The summed E-state index contributed by atoms with van der Waals surface area (Å²) in [6, 6.07) is 5.42. The number of amides is 1. The first-order valence-electron chi connectivity index (χ1n) is 6.73. The lowest BCUT2D eigenvalue weighted by atomic mass is 10.1. The lowest BCUT2D eigenvalue weighted by molar-refractivity contribution is 0.158. The van der Waals surface area contributed by atoms with E-state index >= 15 is 0 Å². The van der Waals surface area contributed by atoms with Gasteiger partial charge >= 0.3 is 6.09 Å².